The number of thiophene rings is 1. The number of nitrogens with one attached hydrogen (secondary N) is 1. The van der Waals surface area contributed by atoms with E-state index in [1.54, 1.807) is 6.92 Å². The Hall–Kier alpha value is -1.89. The predicted molar refractivity (Wildman–Crippen MR) is 66.3 cm³/mol. The molecule has 0 aromatic carbocycles. The lowest BCUT2D eigenvalue weighted by atomic mass is 10.1. The molecule has 0 spiro atoms. The smallest absolute Gasteiger partial charge is 0.348 e. The number of amides is 1. The van der Waals surface area contributed by atoms with Crippen LogP contribution in [-0.2, 0) is 9.53 Å². The summed E-state index contributed by atoms with van der Waals surface area (Å²) in [6.45, 7) is 4.64. The first-order chi connectivity index (χ1) is 8.38. The summed E-state index contributed by atoms with van der Waals surface area (Å²) in [5.74, 6) is -2.17. The monoisotopic (exact) mass is 271 g/mol. The van der Waals surface area contributed by atoms with Gasteiger partial charge in [0.2, 0.25) is 5.91 Å². The number of carbonyl (C=O) groups excluding carboxylic acids is 2. The Morgan fingerprint density at radius 2 is 2.00 bits per heavy atom. The van der Waals surface area contributed by atoms with Crippen LogP contribution < -0.4 is 5.32 Å². The fourth-order valence-electron chi connectivity index (χ4n) is 1.41. The topological polar surface area (TPSA) is 92.7 Å². The first kappa shape index (κ1) is 14.2. The number of ether oxygens (including phenoxy) is 1. The molecule has 0 aliphatic rings. The maximum atomic E-state index is 11.6. The molecule has 1 heterocycles. The Bertz CT molecular complexity index is 506. The molecule has 1 aromatic rings. The molecule has 1 amide bonds. The first-order valence-corrected chi connectivity index (χ1v) is 6.01. The molecule has 0 saturated heterocycles. The highest BCUT2D eigenvalue weighted by molar-refractivity contribution is 7.18. The SMILES string of the molecule is CCOC(=O)c1sc(NC(C)=O)c(C(=O)O)c1C. The quantitative estimate of drug-likeness (QED) is 0.816. The van der Waals surface area contributed by atoms with Crippen LogP contribution in [0, 0.1) is 6.92 Å². The molecule has 1 aromatic heterocycles. The molecule has 98 valence electrons. The van der Waals surface area contributed by atoms with Crippen molar-refractivity contribution >= 4 is 34.2 Å². The van der Waals surface area contributed by atoms with E-state index in [-0.39, 0.29) is 22.0 Å². The van der Waals surface area contributed by atoms with Gasteiger partial charge in [0.05, 0.1) is 12.2 Å². The zero-order valence-electron chi connectivity index (χ0n) is 10.2. The summed E-state index contributed by atoms with van der Waals surface area (Å²) in [6, 6.07) is 0. The van der Waals surface area contributed by atoms with Crippen LogP contribution in [0.4, 0.5) is 5.00 Å². The van der Waals surface area contributed by atoms with E-state index >= 15 is 0 Å². The van der Waals surface area contributed by atoms with Crippen LogP contribution in [-0.4, -0.2) is 29.6 Å². The fourth-order valence-corrected chi connectivity index (χ4v) is 2.55. The number of esters is 1. The van der Waals surface area contributed by atoms with Crippen LogP contribution in [0.2, 0.25) is 0 Å². The highest BCUT2D eigenvalue weighted by Crippen LogP contribution is 2.33. The largest absolute Gasteiger partial charge is 0.478 e. The molecule has 0 aliphatic carbocycles. The number of rotatable bonds is 4. The lowest BCUT2D eigenvalue weighted by molar-refractivity contribution is -0.114. The third-order valence-corrected chi connectivity index (χ3v) is 3.30. The molecule has 0 fully saturated rings. The van der Waals surface area contributed by atoms with Crippen molar-refractivity contribution in [2.75, 3.05) is 11.9 Å². The van der Waals surface area contributed by atoms with Gasteiger partial charge in [-0.3, -0.25) is 4.79 Å². The van der Waals surface area contributed by atoms with Gasteiger partial charge in [-0.25, -0.2) is 9.59 Å². The van der Waals surface area contributed by atoms with Gasteiger partial charge in [-0.15, -0.1) is 11.3 Å². The zero-order chi connectivity index (χ0) is 13.9. The summed E-state index contributed by atoms with van der Waals surface area (Å²) in [5.41, 5.74) is 0.230. The number of carboxylic acid groups (broad SMARTS) is 1. The van der Waals surface area contributed by atoms with Gasteiger partial charge < -0.3 is 15.2 Å². The lowest BCUT2D eigenvalue weighted by Gasteiger charge is -2.00. The minimum absolute atomic E-state index is 0.0711. The zero-order valence-corrected chi connectivity index (χ0v) is 11.0. The van der Waals surface area contributed by atoms with Crippen molar-refractivity contribution in [1.29, 1.82) is 0 Å². The third kappa shape index (κ3) is 2.86. The molecule has 1 rings (SSSR count). The van der Waals surface area contributed by atoms with Crippen molar-refractivity contribution in [3.05, 3.63) is 16.0 Å². The summed E-state index contributed by atoms with van der Waals surface area (Å²) < 4.78 is 4.83. The molecule has 0 aliphatic heterocycles. The van der Waals surface area contributed by atoms with Gasteiger partial charge in [-0.05, 0) is 19.4 Å². The summed E-state index contributed by atoms with van der Waals surface area (Å²) in [4.78, 5) is 33.9. The van der Waals surface area contributed by atoms with Gasteiger partial charge in [0.25, 0.3) is 0 Å². The van der Waals surface area contributed by atoms with Crippen molar-refractivity contribution in [2.45, 2.75) is 20.8 Å². The van der Waals surface area contributed by atoms with Crippen LogP contribution in [0.3, 0.4) is 0 Å². The predicted octanol–water partition coefficient (Wildman–Crippen LogP) is 1.89. The van der Waals surface area contributed by atoms with E-state index in [1.165, 1.54) is 13.8 Å². The second-order valence-electron chi connectivity index (χ2n) is 3.47. The first-order valence-electron chi connectivity index (χ1n) is 5.19. The minimum atomic E-state index is -1.19. The Kier molecular flexibility index (Phi) is 4.43. The van der Waals surface area contributed by atoms with E-state index in [4.69, 9.17) is 9.84 Å². The maximum Gasteiger partial charge on any atom is 0.348 e. The van der Waals surface area contributed by atoms with Crippen LogP contribution in [0.25, 0.3) is 0 Å². The van der Waals surface area contributed by atoms with Gasteiger partial charge in [-0.1, -0.05) is 0 Å². The number of hydrogen-bond donors (Lipinski definition) is 2. The van der Waals surface area contributed by atoms with E-state index in [2.05, 4.69) is 5.32 Å². The molecule has 18 heavy (non-hydrogen) atoms. The molecule has 6 nitrogen and oxygen atoms in total. The third-order valence-electron chi connectivity index (χ3n) is 2.11. The van der Waals surface area contributed by atoms with Crippen molar-refractivity contribution in [3.63, 3.8) is 0 Å². The van der Waals surface area contributed by atoms with Crippen molar-refractivity contribution in [1.82, 2.24) is 0 Å². The van der Waals surface area contributed by atoms with Crippen molar-refractivity contribution in [3.8, 4) is 0 Å². The van der Waals surface area contributed by atoms with E-state index in [1.807, 2.05) is 0 Å². The number of hydrogen-bond acceptors (Lipinski definition) is 5. The summed E-state index contributed by atoms with van der Waals surface area (Å²) in [7, 11) is 0. The van der Waals surface area contributed by atoms with Gasteiger partial charge in [0.1, 0.15) is 9.88 Å². The Labute approximate surface area is 108 Å². The Balaban J connectivity index is 3.27. The molecule has 0 atom stereocenters. The van der Waals surface area contributed by atoms with E-state index in [9.17, 15) is 14.4 Å². The summed E-state index contributed by atoms with van der Waals surface area (Å²) in [6.07, 6.45) is 0. The molecule has 0 radical (unpaired) electrons. The number of anilines is 1. The van der Waals surface area contributed by atoms with E-state index in [0.29, 0.717) is 5.56 Å². The number of carboxylic acids is 1. The molecular weight excluding hydrogens is 258 g/mol. The second kappa shape index (κ2) is 5.63. The lowest BCUT2D eigenvalue weighted by Crippen LogP contribution is -2.09. The highest BCUT2D eigenvalue weighted by atomic mass is 32.1. The van der Waals surface area contributed by atoms with Gasteiger partial charge in [-0.2, -0.15) is 0 Å². The standard InChI is InChI=1S/C11H13NO5S/c1-4-17-11(16)8-5(2)7(10(14)15)9(18-8)12-6(3)13/h4H2,1-3H3,(H,12,13)(H,14,15). The van der Waals surface area contributed by atoms with Crippen LogP contribution >= 0.6 is 11.3 Å². The number of aromatic carboxylic acids is 1. The molecule has 0 unspecified atom stereocenters. The molecule has 0 saturated carbocycles. The van der Waals surface area contributed by atoms with E-state index < -0.39 is 17.8 Å². The fraction of sp³-hybridized carbons (Fsp3) is 0.364. The molecular formula is C11H13NO5S. The van der Waals surface area contributed by atoms with Gasteiger partial charge >= 0.3 is 11.9 Å². The number of carbonyl (C=O) groups is 3. The average Bonchev–Trinajstić information content (AvgIpc) is 2.54. The van der Waals surface area contributed by atoms with Crippen LogP contribution in [0.5, 0.6) is 0 Å². The van der Waals surface area contributed by atoms with Crippen LogP contribution in [0.15, 0.2) is 0 Å². The van der Waals surface area contributed by atoms with Gasteiger partial charge in [0.15, 0.2) is 0 Å². The van der Waals surface area contributed by atoms with Crippen molar-refractivity contribution in [2.24, 2.45) is 0 Å². The average molecular weight is 271 g/mol. The van der Waals surface area contributed by atoms with Gasteiger partial charge in [0, 0.05) is 6.92 Å². The summed E-state index contributed by atoms with van der Waals surface area (Å²) in [5, 5.41) is 11.6. The normalized spacial score (nSPS) is 9.94. The Morgan fingerprint density at radius 3 is 2.44 bits per heavy atom. The maximum absolute atomic E-state index is 11.6. The van der Waals surface area contributed by atoms with Crippen LogP contribution in [0.1, 0.15) is 39.4 Å². The van der Waals surface area contributed by atoms with Crippen molar-refractivity contribution < 1.29 is 24.2 Å². The Morgan fingerprint density at radius 1 is 1.39 bits per heavy atom. The molecule has 2 N–H and O–H groups in total. The minimum Gasteiger partial charge on any atom is -0.478 e. The molecule has 0 bridgehead atoms. The van der Waals surface area contributed by atoms with E-state index in [0.717, 1.165) is 11.3 Å². The second-order valence-corrected chi connectivity index (χ2v) is 4.49. The highest BCUT2D eigenvalue weighted by Gasteiger charge is 2.25. The molecule has 7 heteroatoms. The summed E-state index contributed by atoms with van der Waals surface area (Å²) >= 11 is 0.904.